The van der Waals surface area contributed by atoms with Crippen LogP contribution in [0.15, 0.2) is 24.5 Å². The zero-order chi connectivity index (χ0) is 11.4. The third-order valence-electron chi connectivity index (χ3n) is 3.04. The van der Waals surface area contributed by atoms with Crippen LogP contribution in [-0.4, -0.2) is 23.5 Å². The number of likely N-dealkylation sites (tertiary alicyclic amines) is 1. The Morgan fingerprint density at radius 2 is 2.44 bits per heavy atom. The number of pyridine rings is 1. The molecule has 1 aliphatic rings. The summed E-state index contributed by atoms with van der Waals surface area (Å²) < 4.78 is 0. The second-order valence-electron chi connectivity index (χ2n) is 4.15. The van der Waals surface area contributed by atoms with Crippen LogP contribution in [0.1, 0.15) is 30.0 Å². The minimum Gasteiger partial charge on any atom is -0.299 e. The number of nitriles is 1. The first-order chi connectivity index (χ1) is 7.81. The molecular weight excluding hydrogens is 198 g/mol. The molecule has 0 aliphatic carbocycles. The van der Waals surface area contributed by atoms with Gasteiger partial charge in [-0.1, -0.05) is 0 Å². The van der Waals surface area contributed by atoms with E-state index >= 15 is 0 Å². The van der Waals surface area contributed by atoms with Crippen LogP contribution in [0, 0.1) is 11.3 Å². The van der Waals surface area contributed by atoms with Crippen LogP contribution in [0.25, 0.3) is 6.08 Å². The van der Waals surface area contributed by atoms with Gasteiger partial charge in [-0.15, -0.1) is 0 Å². The van der Waals surface area contributed by atoms with Crippen LogP contribution in [0.5, 0.6) is 0 Å². The van der Waals surface area contributed by atoms with Gasteiger partial charge in [-0.3, -0.25) is 9.88 Å². The lowest BCUT2D eigenvalue weighted by molar-refractivity contribution is 0.317. The van der Waals surface area contributed by atoms with E-state index in [9.17, 15) is 0 Å². The Morgan fingerprint density at radius 1 is 1.56 bits per heavy atom. The first kappa shape index (κ1) is 10.8. The number of aromatic nitrogens is 1. The summed E-state index contributed by atoms with van der Waals surface area (Å²) in [6.07, 6.45) is 9.44. The third kappa shape index (κ3) is 2.29. The molecule has 0 saturated carbocycles. The fourth-order valence-electron chi connectivity index (χ4n) is 2.21. The standard InChI is InChI=1S/C13H15N3/c1-16-7-3-5-13(16)12-8-11(4-2-6-14)9-15-10-12/h2,4,8-10,13H,3,5,7H2,1H3. The molecule has 0 aromatic carbocycles. The van der Waals surface area contributed by atoms with Gasteiger partial charge >= 0.3 is 0 Å². The summed E-state index contributed by atoms with van der Waals surface area (Å²) in [5, 5.41) is 8.49. The lowest BCUT2D eigenvalue weighted by Crippen LogP contribution is -2.17. The minimum atomic E-state index is 0.489. The van der Waals surface area contributed by atoms with Gasteiger partial charge in [-0.05, 0) is 49.7 Å². The number of hydrogen-bond acceptors (Lipinski definition) is 3. The van der Waals surface area contributed by atoms with Crippen molar-refractivity contribution in [3.8, 4) is 6.07 Å². The molecule has 1 aromatic rings. The smallest absolute Gasteiger partial charge is 0.0912 e. The molecule has 0 radical (unpaired) electrons. The van der Waals surface area contributed by atoms with E-state index in [-0.39, 0.29) is 0 Å². The van der Waals surface area contributed by atoms with Gasteiger partial charge in [0.1, 0.15) is 0 Å². The van der Waals surface area contributed by atoms with E-state index in [1.165, 1.54) is 24.5 Å². The Labute approximate surface area is 96.0 Å². The van der Waals surface area contributed by atoms with Crippen LogP contribution >= 0.6 is 0 Å². The summed E-state index contributed by atoms with van der Waals surface area (Å²) in [4.78, 5) is 6.59. The highest BCUT2D eigenvalue weighted by Gasteiger charge is 2.22. The molecule has 0 spiro atoms. The Bertz CT molecular complexity index is 431. The summed E-state index contributed by atoms with van der Waals surface area (Å²) in [6, 6.07) is 4.60. The molecule has 0 bridgehead atoms. The van der Waals surface area contributed by atoms with E-state index in [2.05, 4.69) is 23.0 Å². The third-order valence-corrected chi connectivity index (χ3v) is 3.04. The lowest BCUT2D eigenvalue weighted by atomic mass is 10.1. The fourth-order valence-corrected chi connectivity index (χ4v) is 2.21. The van der Waals surface area contributed by atoms with Gasteiger partial charge in [0, 0.05) is 24.5 Å². The van der Waals surface area contributed by atoms with E-state index in [0.29, 0.717) is 6.04 Å². The topological polar surface area (TPSA) is 39.9 Å². The molecule has 1 saturated heterocycles. The maximum Gasteiger partial charge on any atom is 0.0912 e. The number of hydrogen-bond donors (Lipinski definition) is 0. The van der Waals surface area contributed by atoms with E-state index in [1.54, 1.807) is 12.3 Å². The molecule has 1 atom stereocenters. The van der Waals surface area contributed by atoms with Crippen LogP contribution in [0.2, 0.25) is 0 Å². The minimum absolute atomic E-state index is 0.489. The molecule has 0 amide bonds. The number of nitrogens with zero attached hydrogens (tertiary/aromatic N) is 3. The molecule has 82 valence electrons. The highest BCUT2D eigenvalue weighted by Crippen LogP contribution is 2.30. The van der Waals surface area contributed by atoms with Gasteiger partial charge in [0.25, 0.3) is 0 Å². The van der Waals surface area contributed by atoms with Gasteiger partial charge in [-0.25, -0.2) is 0 Å². The van der Waals surface area contributed by atoms with Crippen molar-refractivity contribution < 1.29 is 0 Å². The Hall–Kier alpha value is -1.66. The normalized spacial score (nSPS) is 21.4. The second kappa shape index (κ2) is 4.91. The van der Waals surface area contributed by atoms with Crippen molar-refractivity contribution in [1.29, 1.82) is 5.26 Å². The zero-order valence-corrected chi connectivity index (χ0v) is 9.43. The predicted molar refractivity (Wildman–Crippen MR) is 63.5 cm³/mol. The van der Waals surface area contributed by atoms with Crippen molar-refractivity contribution >= 4 is 6.08 Å². The maximum atomic E-state index is 8.49. The van der Waals surface area contributed by atoms with Crippen LogP contribution in [-0.2, 0) is 0 Å². The van der Waals surface area contributed by atoms with Crippen molar-refractivity contribution in [1.82, 2.24) is 9.88 Å². The van der Waals surface area contributed by atoms with Crippen LogP contribution in [0.4, 0.5) is 0 Å². The second-order valence-corrected chi connectivity index (χ2v) is 4.15. The van der Waals surface area contributed by atoms with Crippen molar-refractivity contribution in [2.75, 3.05) is 13.6 Å². The van der Waals surface area contributed by atoms with Gasteiger partial charge in [-0.2, -0.15) is 5.26 Å². The van der Waals surface area contributed by atoms with Crippen LogP contribution < -0.4 is 0 Å². The van der Waals surface area contributed by atoms with Crippen molar-refractivity contribution in [3.05, 3.63) is 35.7 Å². The van der Waals surface area contributed by atoms with E-state index < -0.39 is 0 Å². The van der Waals surface area contributed by atoms with Gasteiger partial charge < -0.3 is 0 Å². The number of allylic oxidation sites excluding steroid dienone is 1. The number of rotatable bonds is 2. The fraction of sp³-hybridized carbons (Fsp3) is 0.385. The zero-order valence-electron chi connectivity index (χ0n) is 9.43. The summed E-state index contributed by atoms with van der Waals surface area (Å²) in [6.45, 7) is 1.16. The summed E-state index contributed by atoms with van der Waals surface area (Å²) in [5.41, 5.74) is 2.25. The largest absolute Gasteiger partial charge is 0.299 e. The Kier molecular flexibility index (Phi) is 3.33. The molecule has 16 heavy (non-hydrogen) atoms. The molecular formula is C13H15N3. The average Bonchev–Trinajstić information content (AvgIpc) is 2.73. The van der Waals surface area contributed by atoms with Crippen molar-refractivity contribution in [2.45, 2.75) is 18.9 Å². The highest BCUT2D eigenvalue weighted by molar-refractivity contribution is 5.51. The molecule has 1 unspecified atom stereocenters. The molecule has 3 nitrogen and oxygen atoms in total. The first-order valence-corrected chi connectivity index (χ1v) is 5.52. The van der Waals surface area contributed by atoms with Gasteiger partial charge in [0.05, 0.1) is 6.07 Å². The Morgan fingerprint density at radius 3 is 3.12 bits per heavy atom. The van der Waals surface area contributed by atoms with Crippen molar-refractivity contribution in [2.24, 2.45) is 0 Å². The van der Waals surface area contributed by atoms with E-state index in [1.807, 2.05) is 12.3 Å². The SMILES string of the molecule is CN1CCCC1c1cncc(C=CC#N)c1. The van der Waals surface area contributed by atoms with Gasteiger partial charge in [0.15, 0.2) is 0 Å². The molecule has 0 N–H and O–H groups in total. The summed E-state index contributed by atoms with van der Waals surface area (Å²) >= 11 is 0. The molecule has 1 fully saturated rings. The molecule has 2 rings (SSSR count). The monoisotopic (exact) mass is 213 g/mol. The molecule has 1 aromatic heterocycles. The van der Waals surface area contributed by atoms with Gasteiger partial charge in [0.2, 0.25) is 0 Å². The first-order valence-electron chi connectivity index (χ1n) is 5.52. The quantitative estimate of drug-likeness (QED) is 0.708. The maximum absolute atomic E-state index is 8.49. The van der Waals surface area contributed by atoms with E-state index in [4.69, 9.17) is 5.26 Å². The van der Waals surface area contributed by atoms with Crippen molar-refractivity contribution in [3.63, 3.8) is 0 Å². The molecule has 3 heteroatoms. The summed E-state index contributed by atoms with van der Waals surface area (Å²) in [7, 11) is 2.15. The Balaban J connectivity index is 2.22. The van der Waals surface area contributed by atoms with E-state index in [0.717, 1.165) is 12.1 Å². The lowest BCUT2D eigenvalue weighted by Gasteiger charge is -2.19. The molecule has 2 heterocycles. The summed E-state index contributed by atoms with van der Waals surface area (Å²) in [5.74, 6) is 0. The molecule has 1 aliphatic heterocycles. The predicted octanol–water partition coefficient (Wildman–Crippen LogP) is 2.39. The average molecular weight is 213 g/mol. The van der Waals surface area contributed by atoms with Crippen LogP contribution in [0.3, 0.4) is 0 Å². The highest BCUT2D eigenvalue weighted by atomic mass is 15.1.